The number of carbonyl (C=O) groups excluding carboxylic acids is 1. The molecule has 11 heteroatoms. The Balaban J connectivity index is 1.42. The van der Waals surface area contributed by atoms with Gasteiger partial charge in [0.2, 0.25) is 16.0 Å². The quantitative estimate of drug-likeness (QED) is 0.383. The molecule has 162 valence electrons. The molecular weight excluding hydrogens is 422 g/mol. The van der Waals surface area contributed by atoms with Crippen molar-refractivity contribution < 1.29 is 23.2 Å². The first kappa shape index (κ1) is 21.1. The number of sulfonamides is 1. The molecule has 2 aromatic carbocycles. The van der Waals surface area contributed by atoms with Crippen LogP contribution in [0.3, 0.4) is 0 Å². The van der Waals surface area contributed by atoms with E-state index in [2.05, 4.69) is 15.3 Å². The van der Waals surface area contributed by atoms with Crippen LogP contribution in [0.2, 0.25) is 0 Å². The minimum Gasteiger partial charge on any atom is -0.374 e. The Morgan fingerprint density at radius 2 is 1.90 bits per heavy atom. The molecule has 2 heterocycles. The topological polar surface area (TPSA) is 134 Å². The van der Waals surface area contributed by atoms with Gasteiger partial charge in [-0.2, -0.15) is 4.31 Å². The molecule has 0 radical (unpaired) electrons. The van der Waals surface area contributed by atoms with Gasteiger partial charge in [0.1, 0.15) is 0 Å². The fourth-order valence-corrected chi connectivity index (χ4v) is 4.81. The number of anilines is 1. The van der Waals surface area contributed by atoms with Gasteiger partial charge in [0, 0.05) is 32.0 Å². The van der Waals surface area contributed by atoms with E-state index in [0.717, 1.165) is 10.8 Å². The SMILES string of the molecule is O=C(NO)c1cnc(NCC2CN(S(=O)(=O)c3ccc4ccccc4c3)CCO2)nc1. The third-order valence-corrected chi connectivity index (χ3v) is 6.82. The summed E-state index contributed by atoms with van der Waals surface area (Å²) in [4.78, 5) is 19.5. The molecule has 1 atom stereocenters. The number of hydrogen-bond donors (Lipinski definition) is 3. The van der Waals surface area contributed by atoms with Crippen LogP contribution in [0.25, 0.3) is 10.8 Å². The molecule has 1 aliphatic heterocycles. The number of nitrogens with one attached hydrogen (secondary N) is 2. The molecule has 0 saturated carbocycles. The highest BCUT2D eigenvalue weighted by molar-refractivity contribution is 7.89. The Bertz CT molecular complexity index is 1190. The molecular formula is C20H21N5O5S. The van der Waals surface area contributed by atoms with Crippen molar-refractivity contribution in [3.05, 3.63) is 60.4 Å². The molecule has 4 rings (SSSR count). The summed E-state index contributed by atoms with van der Waals surface area (Å²) >= 11 is 0. The Labute approximate surface area is 178 Å². The number of benzene rings is 2. The van der Waals surface area contributed by atoms with Crippen molar-refractivity contribution in [3.8, 4) is 0 Å². The molecule has 0 bridgehead atoms. The normalized spacial score (nSPS) is 17.4. The fourth-order valence-electron chi connectivity index (χ4n) is 3.32. The van der Waals surface area contributed by atoms with Crippen molar-refractivity contribution in [1.82, 2.24) is 19.8 Å². The van der Waals surface area contributed by atoms with E-state index < -0.39 is 22.0 Å². The smallest absolute Gasteiger partial charge is 0.277 e. The zero-order valence-corrected chi connectivity index (χ0v) is 17.2. The first-order chi connectivity index (χ1) is 15.0. The number of rotatable bonds is 6. The lowest BCUT2D eigenvalue weighted by molar-refractivity contribution is 0.00674. The van der Waals surface area contributed by atoms with Crippen LogP contribution in [0.15, 0.2) is 59.8 Å². The lowest BCUT2D eigenvalue weighted by Crippen LogP contribution is -2.47. The Morgan fingerprint density at radius 3 is 2.65 bits per heavy atom. The van der Waals surface area contributed by atoms with E-state index in [9.17, 15) is 13.2 Å². The summed E-state index contributed by atoms with van der Waals surface area (Å²) in [6.45, 7) is 1.02. The highest BCUT2D eigenvalue weighted by atomic mass is 32.2. The van der Waals surface area contributed by atoms with Crippen LogP contribution in [0.5, 0.6) is 0 Å². The van der Waals surface area contributed by atoms with Crippen molar-refractivity contribution in [2.45, 2.75) is 11.0 Å². The second-order valence-electron chi connectivity index (χ2n) is 6.98. The molecule has 1 aliphatic rings. The average molecular weight is 443 g/mol. The van der Waals surface area contributed by atoms with Gasteiger partial charge in [-0.15, -0.1) is 0 Å². The van der Waals surface area contributed by atoms with E-state index in [1.165, 1.54) is 22.2 Å². The largest absolute Gasteiger partial charge is 0.374 e. The van der Waals surface area contributed by atoms with Crippen molar-refractivity contribution in [2.75, 3.05) is 31.6 Å². The van der Waals surface area contributed by atoms with E-state index in [1.54, 1.807) is 18.2 Å². The molecule has 1 aromatic heterocycles. The van der Waals surface area contributed by atoms with Crippen molar-refractivity contribution >= 4 is 32.7 Å². The van der Waals surface area contributed by atoms with Crippen LogP contribution in [0, 0.1) is 0 Å². The van der Waals surface area contributed by atoms with Crippen LogP contribution in [-0.4, -0.2) is 66.2 Å². The van der Waals surface area contributed by atoms with Crippen molar-refractivity contribution in [1.29, 1.82) is 0 Å². The van der Waals surface area contributed by atoms with E-state index in [0.29, 0.717) is 0 Å². The number of fused-ring (bicyclic) bond motifs is 1. The van der Waals surface area contributed by atoms with Gasteiger partial charge < -0.3 is 10.1 Å². The summed E-state index contributed by atoms with van der Waals surface area (Å²) in [7, 11) is -3.66. The Kier molecular flexibility index (Phi) is 6.09. The summed E-state index contributed by atoms with van der Waals surface area (Å²) < 4.78 is 33.4. The van der Waals surface area contributed by atoms with Crippen LogP contribution in [-0.2, 0) is 14.8 Å². The lowest BCUT2D eigenvalue weighted by Gasteiger charge is -2.32. The second-order valence-corrected chi connectivity index (χ2v) is 8.92. The van der Waals surface area contributed by atoms with E-state index in [4.69, 9.17) is 9.94 Å². The summed E-state index contributed by atoms with van der Waals surface area (Å²) in [6, 6.07) is 12.7. The predicted molar refractivity (Wildman–Crippen MR) is 112 cm³/mol. The molecule has 0 spiro atoms. The molecule has 10 nitrogen and oxygen atoms in total. The predicted octanol–water partition coefficient (Wildman–Crippen LogP) is 1.25. The number of morpholine rings is 1. The number of nitrogens with zero attached hydrogens (tertiary/aromatic N) is 3. The standard InChI is InChI=1S/C20H21N5O5S/c26-19(24-27)16-10-21-20(22-11-16)23-12-17-13-25(7-8-30-17)31(28,29)18-6-5-14-3-1-2-4-15(14)9-18/h1-6,9-11,17,27H,7-8,12-13H2,(H,24,26)(H,21,22,23). The minimum atomic E-state index is -3.66. The molecule has 1 amide bonds. The van der Waals surface area contributed by atoms with E-state index in [-0.39, 0.29) is 42.6 Å². The molecule has 31 heavy (non-hydrogen) atoms. The lowest BCUT2D eigenvalue weighted by atomic mass is 10.1. The third-order valence-electron chi connectivity index (χ3n) is 4.96. The molecule has 1 fully saturated rings. The number of carbonyl (C=O) groups is 1. The molecule has 1 saturated heterocycles. The van der Waals surface area contributed by atoms with Gasteiger partial charge in [0.15, 0.2) is 0 Å². The first-order valence-electron chi connectivity index (χ1n) is 9.58. The molecule has 1 unspecified atom stereocenters. The summed E-state index contributed by atoms with van der Waals surface area (Å²) in [5, 5.41) is 13.4. The zero-order chi connectivity index (χ0) is 21.8. The highest BCUT2D eigenvalue weighted by Gasteiger charge is 2.31. The maximum Gasteiger partial charge on any atom is 0.277 e. The van der Waals surface area contributed by atoms with Gasteiger partial charge in [-0.05, 0) is 22.9 Å². The van der Waals surface area contributed by atoms with Gasteiger partial charge >= 0.3 is 0 Å². The molecule has 3 N–H and O–H groups in total. The van der Waals surface area contributed by atoms with Crippen LogP contribution >= 0.6 is 0 Å². The monoisotopic (exact) mass is 443 g/mol. The van der Waals surface area contributed by atoms with Gasteiger partial charge in [-0.3, -0.25) is 10.0 Å². The Morgan fingerprint density at radius 1 is 1.16 bits per heavy atom. The van der Waals surface area contributed by atoms with Crippen molar-refractivity contribution in [2.24, 2.45) is 0 Å². The number of ether oxygens (including phenoxy) is 1. The summed E-state index contributed by atoms with van der Waals surface area (Å²) in [5.74, 6) is -0.454. The van der Waals surface area contributed by atoms with Crippen LogP contribution in [0.1, 0.15) is 10.4 Å². The number of hydrogen-bond acceptors (Lipinski definition) is 8. The maximum atomic E-state index is 13.1. The Hall–Kier alpha value is -3.12. The average Bonchev–Trinajstić information content (AvgIpc) is 2.82. The second kappa shape index (κ2) is 8.94. The van der Waals surface area contributed by atoms with Crippen molar-refractivity contribution in [3.63, 3.8) is 0 Å². The van der Waals surface area contributed by atoms with E-state index >= 15 is 0 Å². The molecule has 0 aliphatic carbocycles. The highest BCUT2D eigenvalue weighted by Crippen LogP contribution is 2.23. The maximum absolute atomic E-state index is 13.1. The van der Waals surface area contributed by atoms with Crippen LogP contribution < -0.4 is 10.8 Å². The van der Waals surface area contributed by atoms with Gasteiger partial charge in [0.05, 0.1) is 23.2 Å². The van der Waals surface area contributed by atoms with Gasteiger partial charge in [0.25, 0.3) is 5.91 Å². The third kappa shape index (κ3) is 4.64. The number of aromatic nitrogens is 2. The van der Waals surface area contributed by atoms with Gasteiger partial charge in [-0.25, -0.2) is 23.9 Å². The molecule has 3 aromatic rings. The minimum absolute atomic E-state index is 0.106. The summed E-state index contributed by atoms with van der Waals surface area (Å²) in [6.07, 6.45) is 2.13. The van der Waals surface area contributed by atoms with E-state index in [1.807, 2.05) is 24.3 Å². The van der Waals surface area contributed by atoms with Crippen LogP contribution in [0.4, 0.5) is 5.95 Å². The number of amides is 1. The first-order valence-corrected chi connectivity index (χ1v) is 11.0. The fraction of sp³-hybridized carbons (Fsp3) is 0.250. The zero-order valence-electron chi connectivity index (χ0n) is 16.4. The number of hydroxylamine groups is 1. The van der Waals surface area contributed by atoms with Gasteiger partial charge in [-0.1, -0.05) is 30.3 Å². The summed E-state index contributed by atoms with van der Waals surface area (Å²) in [5.41, 5.74) is 1.61.